The highest BCUT2D eigenvalue weighted by Gasteiger charge is 2.04. The van der Waals surface area contributed by atoms with Crippen LogP contribution in [0.2, 0.25) is 0 Å². The highest BCUT2D eigenvalue weighted by atomic mass is 16.1. The van der Waals surface area contributed by atoms with Crippen molar-refractivity contribution in [2.45, 2.75) is 33.4 Å². The normalized spacial score (nSPS) is 13.3. The first-order chi connectivity index (χ1) is 4.52. The van der Waals surface area contributed by atoms with Crippen LogP contribution >= 0.6 is 0 Å². The fourth-order valence-corrected chi connectivity index (χ4v) is 0.684. The van der Waals surface area contributed by atoms with Gasteiger partial charge in [-0.15, -0.1) is 0 Å². The predicted molar refractivity (Wildman–Crippen MR) is 41.2 cm³/mol. The molecule has 60 valence electrons. The fraction of sp³-hybridized carbons (Fsp3) is 0.857. The van der Waals surface area contributed by atoms with Gasteiger partial charge in [0.2, 0.25) is 5.91 Å². The van der Waals surface area contributed by atoms with Crippen LogP contribution in [-0.2, 0) is 4.79 Å². The molecule has 0 fully saturated rings. The van der Waals surface area contributed by atoms with Gasteiger partial charge in [-0.1, -0.05) is 13.8 Å². The summed E-state index contributed by atoms with van der Waals surface area (Å²) in [5, 5.41) is 2.61. The van der Waals surface area contributed by atoms with Crippen molar-refractivity contribution in [3.8, 4) is 0 Å². The molecule has 0 saturated carbocycles. The molecule has 3 N–H and O–H groups in total. The molecule has 0 aromatic carbocycles. The number of carbonyl (C=O) groups excluding carboxylic acids is 1. The Bertz CT molecular complexity index is 98.2. The quantitative estimate of drug-likeness (QED) is 0.565. The van der Waals surface area contributed by atoms with Crippen molar-refractivity contribution < 1.29 is 4.79 Å². The molecule has 10 heavy (non-hydrogen) atoms. The number of hydrogen-bond acceptors (Lipinski definition) is 2. The third-order valence-electron chi connectivity index (χ3n) is 0.982. The van der Waals surface area contributed by atoms with E-state index in [0.717, 1.165) is 0 Å². The molecule has 0 aromatic rings. The average molecular weight is 144 g/mol. The van der Waals surface area contributed by atoms with Crippen LogP contribution in [0.1, 0.15) is 27.2 Å². The average Bonchev–Trinajstić information content (AvgIpc) is 1.58. The number of carbonyl (C=O) groups is 1. The van der Waals surface area contributed by atoms with E-state index in [1.165, 1.54) is 0 Å². The van der Waals surface area contributed by atoms with Crippen molar-refractivity contribution in [2.24, 2.45) is 11.7 Å². The molecule has 0 radical (unpaired) electrons. The van der Waals surface area contributed by atoms with E-state index >= 15 is 0 Å². The van der Waals surface area contributed by atoms with Gasteiger partial charge in [0.05, 0.1) is 6.17 Å². The van der Waals surface area contributed by atoms with Gasteiger partial charge in [-0.3, -0.25) is 4.79 Å². The van der Waals surface area contributed by atoms with Gasteiger partial charge in [-0.25, -0.2) is 0 Å². The molecule has 0 spiro atoms. The van der Waals surface area contributed by atoms with Gasteiger partial charge in [0.25, 0.3) is 0 Å². The van der Waals surface area contributed by atoms with E-state index < -0.39 is 0 Å². The Balaban J connectivity index is 3.44. The number of amides is 1. The highest BCUT2D eigenvalue weighted by molar-refractivity contribution is 5.76. The molecule has 3 nitrogen and oxygen atoms in total. The summed E-state index contributed by atoms with van der Waals surface area (Å²) < 4.78 is 0. The van der Waals surface area contributed by atoms with Crippen LogP contribution in [0, 0.1) is 5.92 Å². The molecule has 0 saturated heterocycles. The minimum Gasteiger partial charge on any atom is -0.341 e. The zero-order chi connectivity index (χ0) is 8.15. The van der Waals surface area contributed by atoms with Crippen LogP contribution < -0.4 is 11.1 Å². The molecule has 0 aliphatic heterocycles. The largest absolute Gasteiger partial charge is 0.341 e. The van der Waals surface area contributed by atoms with Crippen molar-refractivity contribution in [3.63, 3.8) is 0 Å². The Labute approximate surface area is 62.0 Å². The molecule has 0 aliphatic rings. The molecule has 3 heteroatoms. The molecular weight excluding hydrogens is 128 g/mol. The van der Waals surface area contributed by atoms with E-state index in [0.29, 0.717) is 12.3 Å². The summed E-state index contributed by atoms with van der Waals surface area (Å²) in [6.45, 7) is 5.75. The Morgan fingerprint density at radius 2 is 2.00 bits per heavy atom. The lowest BCUT2D eigenvalue weighted by molar-refractivity contribution is -0.122. The van der Waals surface area contributed by atoms with Crippen LogP contribution in [0.4, 0.5) is 0 Å². The van der Waals surface area contributed by atoms with Crippen LogP contribution in [-0.4, -0.2) is 12.1 Å². The molecule has 0 rings (SSSR count). The zero-order valence-electron chi connectivity index (χ0n) is 6.85. The second-order valence-electron chi connectivity index (χ2n) is 2.95. The number of rotatable bonds is 3. The van der Waals surface area contributed by atoms with Crippen LogP contribution in [0.5, 0.6) is 0 Å². The molecule has 0 bridgehead atoms. The molecule has 1 unspecified atom stereocenters. The number of nitrogens with one attached hydrogen (secondary N) is 1. The minimum atomic E-state index is -0.230. The van der Waals surface area contributed by atoms with Crippen molar-refractivity contribution in [2.75, 3.05) is 0 Å². The summed E-state index contributed by atoms with van der Waals surface area (Å²) in [5.41, 5.74) is 5.34. The number of nitrogens with two attached hydrogens (primary N) is 1. The summed E-state index contributed by atoms with van der Waals surface area (Å²) in [6, 6.07) is 0. The maximum Gasteiger partial charge on any atom is 0.221 e. The third kappa shape index (κ3) is 5.56. The zero-order valence-corrected chi connectivity index (χ0v) is 6.85. The molecule has 0 aromatic heterocycles. The van der Waals surface area contributed by atoms with Gasteiger partial charge in [-0.2, -0.15) is 0 Å². The van der Waals surface area contributed by atoms with Crippen molar-refractivity contribution in [3.05, 3.63) is 0 Å². The van der Waals surface area contributed by atoms with Crippen molar-refractivity contribution in [1.29, 1.82) is 0 Å². The monoisotopic (exact) mass is 144 g/mol. The predicted octanol–water partition coefficient (Wildman–Crippen LogP) is 0.453. The lowest BCUT2D eigenvalue weighted by Crippen LogP contribution is -2.39. The summed E-state index contributed by atoms with van der Waals surface area (Å²) in [4.78, 5) is 10.9. The van der Waals surface area contributed by atoms with Crippen LogP contribution in [0.3, 0.4) is 0 Å². The van der Waals surface area contributed by atoms with Gasteiger partial charge in [0.1, 0.15) is 0 Å². The standard InChI is InChI=1S/C7H16N2O/c1-5(2)4-7(10)9-6(3)8/h5-6H,4,8H2,1-3H3,(H,9,10). The number of hydrogen-bond donors (Lipinski definition) is 2. The molecule has 0 aliphatic carbocycles. The molecular formula is C7H16N2O. The topological polar surface area (TPSA) is 55.1 Å². The van der Waals surface area contributed by atoms with E-state index in [4.69, 9.17) is 5.73 Å². The smallest absolute Gasteiger partial charge is 0.221 e. The summed E-state index contributed by atoms with van der Waals surface area (Å²) in [6.07, 6.45) is 0.327. The lowest BCUT2D eigenvalue weighted by Gasteiger charge is -2.09. The van der Waals surface area contributed by atoms with E-state index in [2.05, 4.69) is 5.32 Å². The second kappa shape index (κ2) is 4.28. The van der Waals surface area contributed by atoms with Crippen LogP contribution in [0.25, 0.3) is 0 Å². The summed E-state index contributed by atoms with van der Waals surface area (Å²) in [5.74, 6) is 0.434. The van der Waals surface area contributed by atoms with Crippen LogP contribution in [0.15, 0.2) is 0 Å². The fourth-order valence-electron chi connectivity index (χ4n) is 0.684. The first kappa shape index (κ1) is 9.43. The minimum absolute atomic E-state index is 0.0324. The SMILES string of the molecule is CC(C)CC(=O)NC(C)N. The Morgan fingerprint density at radius 1 is 1.50 bits per heavy atom. The molecule has 1 amide bonds. The maximum absolute atomic E-state index is 10.9. The Kier molecular flexibility index (Phi) is 4.03. The van der Waals surface area contributed by atoms with Gasteiger partial charge in [0.15, 0.2) is 0 Å². The van der Waals surface area contributed by atoms with E-state index in [1.807, 2.05) is 13.8 Å². The Hall–Kier alpha value is -0.570. The lowest BCUT2D eigenvalue weighted by atomic mass is 10.1. The highest BCUT2D eigenvalue weighted by Crippen LogP contribution is 1.97. The van der Waals surface area contributed by atoms with Gasteiger partial charge in [-0.05, 0) is 12.8 Å². The van der Waals surface area contributed by atoms with E-state index in [-0.39, 0.29) is 12.1 Å². The van der Waals surface area contributed by atoms with E-state index in [1.54, 1.807) is 6.92 Å². The summed E-state index contributed by atoms with van der Waals surface area (Å²) >= 11 is 0. The Morgan fingerprint density at radius 3 is 2.30 bits per heavy atom. The van der Waals surface area contributed by atoms with E-state index in [9.17, 15) is 4.79 Å². The van der Waals surface area contributed by atoms with Crippen molar-refractivity contribution in [1.82, 2.24) is 5.32 Å². The first-order valence-corrected chi connectivity index (χ1v) is 3.57. The molecule has 1 atom stereocenters. The van der Waals surface area contributed by atoms with Crippen molar-refractivity contribution >= 4 is 5.91 Å². The third-order valence-corrected chi connectivity index (χ3v) is 0.982. The van der Waals surface area contributed by atoms with Gasteiger partial charge < -0.3 is 11.1 Å². The maximum atomic E-state index is 10.9. The van der Waals surface area contributed by atoms with Gasteiger partial charge >= 0.3 is 0 Å². The molecule has 0 heterocycles. The second-order valence-corrected chi connectivity index (χ2v) is 2.95. The first-order valence-electron chi connectivity index (χ1n) is 3.57. The summed E-state index contributed by atoms with van der Waals surface area (Å²) in [7, 11) is 0. The van der Waals surface area contributed by atoms with Gasteiger partial charge in [0, 0.05) is 6.42 Å².